The Balaban J connectivity index is 1.35. The molecule has 0 atom stereocenters. The SMILES string of the molecule is C=C(N1CCC(N(c2ccc(C(C)(F)F)cc2)c2cnccc2CCC)CC1)C12CC(C(C)(F)F)(C1)C2. The predicted octanol–water partition coefficient (Wildman–Crippen LogP) is 8.09. The van der Waals surface area contributed by atoms with E-state index in [4.69, 9.17) is 0 Å². The molecule has 7 heteroatoms. The van der Waals surface area contributed by atoms with Crippen LogP contribution in [0.1, 0.15) is 70.4 Å². The van der Waals surface area contributed by atoms with Gasteiger partial charge in [-0.15, -0.1) is 0 Å². The molecule has 0 spiro atoms. The third kappa shape index (κ3) is 4.42. The molecule has 1 aliphatic heterocycles. The van der Waals surface area contributed by atoms with Crippen molar-refractivity contribution < 1.29 is 17.6 Å². The zero-order valence-electron chi connectivity index (χ0n) is 22.0. The average Bonchev–Trinajstić information content (AvgIpc) is 2.78. The number of rotatable bonds is 9. The number of allylic oxidation sites excluding steroid dienone is 1. The van der Waals surface area contributed by atoms with Crippen molar-refractivity contribution in [1.29, 1.82) is 0 Å². The molecule has 4 fully saturated rings. The third-order valence-electron chi connectivity index (χ3n) is 9.10. The van der Waals surface area contributed by atoms with Crippen LogP contribution in [0.15, 0.2) is 55.0 Å². The van der Waals surface area contributed by atoms with Crippen LogP contribution in [0.3, 0.4) is 0 Å². The lowest BCUT2D eigenvalue weighted by Gasteiger charge is -2.73. The first-order chi connectivity index (χ1) is 17.4. The number of piperidine rings is 1. The van der Waals surface area contributed by atoms with E-state index in [-0.39, 0.29) is 17.0 Å². The number of anilines is 2. The monoisotopic (exact) mass is 515 g/mol. The van der Waals surface area contributed by atoms with Crippen LogP contribution in [-0.2, 0) is 12.3 Å². The Morgan fingerprint density at radius 3 is 2.22 bits per heavy atom. The smallest absolute Gasteiger partial charge is 0.270 e. The summed E-state index contributed by atoms with van der Waals surface area (Å²) >= 11 is 0. The molecule has 1 aromatic heterocycles. The van der Waals surface area contributed by atoms with Gasteiger partial charge in [0.15, 0.2) is 0 Å². The molecule has 3 saturated carbocycles. The van der Waals surface area contributed by atoms with Crippen molar-refractivity contribution in [2.45, 2.75) is 83.6 Å². The lowest BCUT2D eigenvalue weighted by molar-refractivity contribution is -0.298. The second-order valence-corrected chi connectivity index (χ2v) is 11.7. The molecule has 0 unspecified atom stereocenters. The summed E-state index contributed by atoms with van der Waals surface area (Å²) in [4.78, 5) is 8.97. The van der Waals surface area contributed by atoms with E-state index in [2.05, 4.69) is 28.3 Å². The Bertz CT molecular complexity index is 1120. The van der Waals surface area contributed by atoms with Gasteiger partial charge in [-0.25, -0.2) is 17.6 Å². The Morgan fingerprint density at radius 2 is 1.68 bits per heavy atom. The van der Waals surface area contributed by atoms with Crippen molar-refractivity contribution in [3.63, 3.8) is 0 Å². The van der Waals surface area contributed by atoms with Gasteiger partial charge in [0, 0.05) is 60.0 Å². The van der Waals surface area contributed by atoms with Gasteiger partial charge >= 0.3 is 0 Å². The fourth-order valence-electron chi connectivity index (χ4n) is 6.86. The molecule has 2 heterocycles. The number of aryl methyl sites for hydroxylation is 1. The number of benzene rings is 1. The molecule has 6 rings (SSSR count). The largest absolute Gasteiger partial charge is 0.375 e. The molecule has 0 radical (unpaired) electrons. The molecule has 2 aromatic rings. The van der Waals surface area contributed by atoms with E-state index in [1.807, 2.05) is 12.3 Å². The van der Waals surface area contributed by atoms with Gasteiger partial charge < -0.3 is 9.80 Å². The van der Waals surface area contributed by atoms with Crippen LogP contribution in [-0.4, -0.2) is 34.9 Å². The summed E-state index contributed by atoms with van der Waals surface area (Å²) in [5, 5.41) is 0. The lowest BCUT2D eigenvalue weighted by Crippen LogP contribution is -2.70. The molecule has 1 aromatic carbocycles. The zero-order chi connectivity index (χ0) is 26.6. The highest BCUT2D eigenvalue weighted by molar-refractivity contribution is 5.67. The van der Waals surface area contributed by atoms with Crippen molar-refractivity contribution in [3.8, 4) is 0 Å². The van der Waals surface area contributed by atoms with Crippen LogP contribution in [0.2, 0.25) is 0 Å². The van der Waals surface area contributed by atoms with Crippen molar-refractivity contribution in [2.75, 3.05) is 18.0 Å². The summed E-state index contributed by atoms with van der Waals surface area (Å²) in [6, 6.07) is 8.80. The van der Waals surface area contributed by atoms with Gasteiger partial charge in [-0.05, 0) is 69.2 Å². The first kappa shape index (κ1) is 26.1. The quantitative estimate of drug-likeness (QED) is 0.315. The summed E-state index contributed by atoms with van der Waals surface area (Å²) in [7, 11) is 0. The molecule has 3 aliphatic carbocycles. The molecule has 37 heavy (non-hydrogen) atoms. The Labute approximate surface area is 217 Å². The van der Waals surface area contributed by atoms with Gasteiger partial charge in [-0.3, -0.25) is 4.98 Å². The van der Waals surface area contributed by atoms with E-state index in [1.54, 1.807) is 18.3 Å². The molecule has 3 nitrogen and oxygen atoms in total. The second-order valence-electron chi connectivity index (χ2n) is 11.7. The van der Waals surface area contributed by atoms with Gasteiger partial charge in [0.25, 0.3) is 11.8 Å². The maximum absolute atomic E-state index is 14.0. The van der Waals surface area contributed by atoms with Crippen LogP contribution in [0.4, 0.5) is 28.9 Å². The fraction of sp³-hybridized carbons (Fsp3) is 0.567. The predicted molar refractivity (Wildman–Crippen MR) is 139 cm³/mol. The van der Waals surface area contributed by atoms with Crippen LogP contribution < -0.4 is 4.90 Å². The number of pyridine rings is 1. The van der Waals surface area contributed by atoms with E-state index in [9.17, 15) is 17.6 Å². The fourth-order valence-corrected chi connectivity index (χ4v) is 6.86. The highest BCUT2D eigenvalue weighted by atomic mass is 19.3. The summed E-state index contributed by atoms with van der Waals surface area (Å²) in [5.41, 5.74) is 3.13. The Kier molecular flexibility index (Phi) is 6.35. The zero-order valence-corrected chi connectivity index (χ0v) is 22.0. The highest BCUT2D eigenvalue weighted by Crippen LogP contribution is 2.80. The first-order valence-corrected chi connectivity index (χ1v) is 13.4. The molecule has 4 aliphatic rings. The van der Waals surface area contributed by atoms with Crippen LogP contribution in [0.5, 0.6) is 0 Å². The van der Waals surface area contributed by atoms with Gasteiger partial charge in [-0.2, -0.15) is 0 Å². The standard InChI is InChI=1S/C30H37F4N3/c1-5-6-22-11-14-35-17-26(22)37(24-9-7-23(8-10-24)27(3,31)32)25-12-15-36(16-13-25)21(2)29-18-30(19-29,20-29)28(4,33)34/h7-11,14,17,25H,2,5-6,12-13,15-16,18-20H2,1,3-4H3. The minimum absolute atomic E-state index is 0.00345. The number of nitrogens with zero attached hydrogens (tertiary/aromatic N) is 3. The van der Waals surface area contributed by atoms with E-state index >= 15 is 0 Å². The van der Waals surface area contributed by atoms with Crippen molar-refractivity contribution in [3.05, 3.63) is 66.1 Å². The second kappa shape index (κ2) is 9.02. The first-order valence-electron chi connectivity index (χ1n) is 13.4. The van der Waals surface area contributed by atoms with Crippen LogP contribution >= 0.6 is 0 Å². The number of likely N-dealkylation sites (tertiary alicyclic amines) is 1. The number of hydrogen-bond donors (Lipinski definition) is 0. The number of alkyl halides is 4. The summed E-state index contributed by atoms with van der Waals surface area (Å²) in [6.45, 7) is 10.1. The van der Waals surface area contributed by atoms with Gasteiger partial charge in [0.2, 0.25) is 0 Å². The van der Waals surface area contributed by atoms with E-state index in [1.165, 1.54) is 17.7 Å². The van der Waals surface area contributed by atoms with Gasteiger partial charge in [0.1, 0.15) is 0 Å². The molecule has 2 bridgehead atoms. The van der Waals surface area contributed by atoms with Crippen molar-refractivity contribution in [1.82, 2.24) is 9.88 Å². The topological polar surface area (TPSA) is 19.4 Å². The maximum Gasteiger partial charge on any atom is 0.270 e. The van der Waals surface area contributed by atoms with Crippen LogP contribution in [0.25, 0.3) is 0 Å². The highest BCUT2D eigenvalue weighted by Gasteiger charge is 2.76. The van der Waals surface area contributed by atoms with Gasteiger partial charge in [0.05, 0.1) is 11.9 Å². The van der Waals surface area contributed by atoms with Crippen molar-refractivity contribution >= 4 is 11.4 Å². The van der Waals surface area contributed by atoms with Crippen molar-refractivity contribution in [2.24, 2.45) is 10.8 Å². The summed E-state index contributed by atoms with van der Waals surface area (Å²) in [6.07, 6.45) is 8.91. The normalized spacial score (nSPS) is 25.9. The number of hydrogen-bond acceptors (Lipinski definition) is 3. The molecular formula is C30H37F4N3. The van der Waals surface area contributed by atoms with E-state index < -0.39 is 17.3 Å². The number of halogens is 4. The lowest BCUT2D eigenvalue weighted by atomic mass is 9.32. The average molecular weight is 516 g/mol. The summed E-state index contributed by atoms with van der Waals surface area (Å²) < 4.78 is 55.8. The van der Waals surface area contributed by atoms with E-state index in [0.29, 0.717) is 19.3 Å². The third-order valence-corrected chi connectivity index (χ3v) is 9.10. The maximum atomic E-state index is 14.0. The molecule has 200 valence electrons. The molecule has 0 amide bonds. The minimum Gasteiger partial charge on any atom is -0.375 e. The molecule has 1 saturated heterocycles. The van der Waals surface area contributed by atoms with Crippen LogP contribution in [0, 0.1) is 10.8 Å². The van der Waals surface area contributed by atoms with E-state index in [0.717, 1.165) is 69.7 Å². The molecular weight excluding hydrogens is 478 g/mol. The minimum atomic E-state index is -2.89. The molecule has 0 N–H and O–H groups in total. The Hall–Kier alpha value is -2.57. The number of aromatic nitrogens is 1. The Morgan fingerprint density at radius 1 is 1.05 bits per heavy atom. The van der Waals surface area contributed by atoms with Gasteiger partial charge in [-0.1, -0.05) is 32.1 Å². The summed E-state index contributed by atoms with van der Waals surface area (Å²) in [5.74, 6) is -5.52.